The van der Waals surface area contributed by atoms with Crippen molar-refractivity contribution in [3.8, 4) is 30.0 Å². The maximum absolute atomic E-state index is 5.68. The Morgan fingerprint density at radius 1 is 0.923 bits per heavy atom. The Labute approximate surface area is 149 Å². The van der Waals surface area contributed by atoms with E-state index in [1.807, 2.05) is 22.8 Å². The highest BCUT2D eigenvalue weighted by molar-refractivity contribution is 5.78. The van der Waals surface area contributed by atoms with Crippen LogP contribution in [0.25, 0.3) is 16.9 Å². The summed E-state index contributed by atoms with van der Waals surface area (Å²) in [5.74, 6) is 9.56. The van der Waals surface area contributed by atoms with Gasteiger partial charge in [-0.3, -0.25) is 4.57 Å². The van der Waals surface area contributed by atoms with Crippen molar-refractivity contribution in [1.82, 2.24) is 24.5 Å². The molecule has 0 aliphatic heterocycles. The molecule has 2 N–H and O–H groups in total. The molecule has 6 heteroatoms. The van der Waals surface area contributed by atoms with E-state index < -0.39 is 0 Å². The molecule has 0 unspecified atom stereocenters. The molecule has 0 spiro atoms. The van der Waals surface area contributed by atoms with Gasteiger partial charge in [-0.15, -0.1) is 6.42 Å². The van der Waals surface area contributed by atoms with E-state index in [0.29, 0.717) is 11.5 Å². The standard InChI is InChI=1S/C20H12N6/c1-2-14-7-9-22-16(11-14)5-3-15-4-6-17-18(12-15)26(13-24-17)19-8-10-23-20(21)25-19/h1,4,6-13H,(H2,21,23,25). The highest BCUT2D eigenvalue weighted by atomic mass is 15.1. The first-order valence-electron chi connectivity index (χ1n) is 7.73. The summed E-state index contributed by atoms with van der Waals surface area (Å²) in [6.07, 6.45) is 10.4. The summed E-state index contributed by atoms with van der Waals surface area (Å²) in [5.41, 5.74) is 9.58. The first kappa shape index (κ1) is 15.4. The van der Waals surface area contributed by atoms with E-state index in [0.717, 1.165) is 22.2 Å². The van der Waals surface area contributed by atoms with E-state index in [1.165, 1.54) is 0 Å². The second kappa shape index (κ2) is 6.39. The zero-order valence-electron chi connectivity index (χ0n) is 13.6. The number of imidazole rings is 1. The minimum absolute atomic E-state index is 0.208. The molecule has 0 aliphatic carbocycles. The van der Waals surface area contributed by atoms with Gasteiger partial charge in [0.05, 0.1) is 11.0 Å². The summed E-state index contributed by atoms with van der Waals surface area (Å²) in [4.78, 5) is 16.7. The van der Waals surface area contributed by atoms with E-state index in [2.05, 4.69) is 37.7 Å². The van der Waals surface area contributed by atoms with Gasteiger partial charge in [-0.05, 0) is 42.3 Å². The number of pyridine rings is 1. The van der Waals surface area contributed by atoms with Gasteiger partial charge in [-0.25, -0.2) is 15.0 Å². The van der Waals surface area contributed by atoms with Gasteiger partial charge < -0.3 is 5.73 Å². The van der Waals surface area contributed by atoms with Crippen LogP contribution in [0.4, 0.5) is 5.95 Å². The highest BCUT2D eigenvalue weighted by Gasteiger charge is 2.07. The monoisotopic (exact) mass is 336 g/mol. The van der Waals surface area contributed by atoms with Crippen molar-refractivity contribution in [3.05, 3.63) is 71.9 Å². The number of nitrogens with two attached hydrogens (primary N) is 1. The van der Waals surface area contributed by atoms with Gasteiger partial charge in [0.2, 0.25) is 5.95 Å². The van der Waals surface area contributed by atoms with E-state index in [9.17, 15) is 0 Å². The lowest BCUT2D eigenvalue weighted by Crippen LogP contribution is -2.01. The molecule has 4 rings (SSSR count). The molecular formula is C20H12N6. The Balaban J connectivity index is 1.75. The van der Waals surface area contributed by atoms with Crippen molar-refractivity contribution < 1.29 is 0 Å². The Kier molecular flexibility index (Phi) is 3.78. The predicted octanol–water partition coefficient (Wildman–Crippen LogP) is 2.17. The Bertz CT molecular complexity index is 1220. The molecule has 0 amide bonds. The Hall–Kier alpha value is -4.16. The molecule has 0 atom stereocenters. The van der Waals surface area contributed by atoms with Gasteiger partial charge in [0, 0.05) is 23.5 Å². The summed E-state index contributed by atoms with van der Waals surface area (Å²) in [6, 6.07) is 11.1. The third-order valence-corrected chi connectivity index (χ3v) is 3.72. The Morgan fingerprint density at radius 3 is 2.65 bits per heavy atom. The van der Waals surface area contributed by atoms with Crippen LogP contribution in [0.15, 0.2) is 55.1 Å². The van der Waals surface area contributed by atoms with Crippen molar-refractivity contribution in [1.29, 1.82) is 0 Å². The maximum Gasteiger partial charge on any atom is 0.221 e. The molecule has 0 radical (unpaired) electrons. The normalized spacial score (nSPS) is 10.1. The van der Waals surface area contributed by atoms with Crippen LogP contribution in [0.3, 0.4) is 0 Å². The minimum atomic E-state index is 0.208. The highest BCUT2D eigenvalue weighted by Crippen LogP contribution is 2.18. The SMILES string of the molecule is C#Cc1ccnc(C#Cc2ccc3ncn(-c4ccnc(N)n4)c3c2)c1. The van der Waals surface area contributed by atoms with Crippen molar-refractivity contribution in [2.24, 2.45) is 0 Å². The molecule has 6 nitrogen and oxygen atoms in total. The van der Waals surface area contributed by atoms with Gasteiger partial charge in [-0.1, -0.05) is 11.8 Å². The summed E-state index contributed by atoms with van der Waals surface area (Å²) in [6.45, 7) is 0. The number of terminal acetylenes is 1. The fourth-order valence-electron chi connectivity index (χ4n) is 2.49. The third kappa shape index (κ3) is 2.95. The van der Waals surface area contributed by atoms with Gasteiger partial charge in [0.1, 0.15) is 17.8 Å². The lowest BCUT2D eigenvalue weighted by molar-refractivity contribution is 1.00. The minimum Gasteiger partial charge on any atom is -0.368 e. The van der Waals surface area contributed by atoms with Crippen molar-refractivity contribution in [2.75, 3.05) is 5.73 Å². The van der Waals surface area contributed by atoms with Crippen LogP contribution in [0.1, 0.15) is 16.8 Å². The molecule has 4 aromatic rings. The average Bonchev–Trinajstić information content (AvgIpc) is 3.10. The maximum atomic E-state index is 5.68. The van der Waals surface area contributed by atoms with Crippen LogP contribution in [0.2, 0.25) is 0 Å². The van der Waals surface area contributed by atoms with E-state index in [-0.39, 0.29) is 5.95 Å². The lowest BCUT2D eigenvalue weighted by atomic mass is 10.2. The van der Waals surface area contributed by atoms with E-state index in [1.54, 1.807) is 36.9 Å². The number of aromatic nitrogens is 5. The lowest BCUT2D eigenvalue weighted by Gasteiger charge is -2.03. The molecule has 0 aliphatic rings. The Morgan fingerprint density at radius 2 is 1.81 bits per heavy atom. The van der Waals surface area contributed by atoms with Crippen LogP contribution < -0.4 is 5.73 Å². The van der Waals surface area contributed by atoms with E-state index >= 15 is 0 Å². The van der Waals surface area contributed by atoms with E-state index in [4.69, 9.17) is 12.2 Å². The number of nitrogen functional groups attached to an aromatic ring is 1. The molecule has 3 aromatic heterocycles. The number of hydrogen-bond donors (Lipinski definition) is 1. The van der Waals surface area contributed by atoms with Crippen LogP contribution >= 0.6 is 0 Å². The van der Waals surface area contributed by atoms with Crippen molar-refractivity contribution in [3.63, 3.8) is 0 Å². The number of hydrogen-bond acceptors (Lipinski definition) is 5. The fraction of sp³-hybridized carbons (Fsp3) is 0. The van der Waals surface area contributed by atoms with Crippen molar-refractivity contribution in [2.45, 2.75) is 0 Å². The third-order valence-electron chi connectivity index (χ3n) is 3.72. The van der Waals surface area contributed by atoms with Gasteiger partial charge in [0.15, 0.2) is 0 Å². The van der Waals surface area contributed by atoms with Gasteiger partial charge in [0.25, 0.3) is 0 Å². The second-order valence-corrected chi connectivity index (χ2v) is 5.42. The zero-order valence-corrected chi connectivity index (χ0v) is 13.6. The smallest absolute Gasteiger partial charge is 0.221 e. The van der Waals surface area contributed by atoms with Crippen LogP contribution in [0.5, 0.6) is 0 Å². The van der Waals surface area contributed by atoms with Crippen molar-refractivity contribution >= 4 is 17.0 Å². The molecule has 1 aromatic carbocycles. The molecule has 122 valence electrons. The summed E-state index contributed by atoms with van der Waals surface area (Å²) < 4.78 is 1.84. The zero-order chi connectivity index (χ0) is 17.9. The molecule has 0 saturated carbocycles. The number of benzene rings is 1. The first-order valence-corrected chi connectivity index (χ1v) is 7.73. The van der Waals surface area contributed by atoms with Gasteiger partial charge >= 0.3 is 0 Å². The predicted molar refractivity (Wildman–Crippen MR) is 99.2 cm³/mol. The summed E-state index contributed by atoms with van der Waals surface area (Å²) in [5, 5.41) is 0. The molecule has 26 heavy (non-hydrogen) atoms. The number of nitrogens with zero attached hydrogens (tertiary/aromatic N) is 5. The molecular weight excluding hydrogens is 324 g/mol. The topological polar surface area (TPSA) is 82.5 Å². The molecule has 3 heterocycles. The molecule has 0 saturated heterocycles. The molecule has 0 bridgehead atoms. The number of anilines is 1. The largest absolute Gasteiger partial charge is 0.368 e. The molecule has 0 fully saturated rings. The number of rotatable bonds is 1. The summed E-state index contributed by atoms with van der Waals surface area (Å²) >= 11 is 0. The van der Waals surface area contributed by atoms with Crippen LogP contribution in [-0.2, 0) is 0 Å². The average molecular weight is 336 g/mol. The van der Waals surface area contributed by atoms with Crippen LogP contribution in [0, 0.1) is 24.2 Å². The first-order chi connectivity index (χ1) is 12.7. The van der Waals surface area contributed by atoms with Crippen LogP contribution in [-0.4, -0.2) is 24.5 Å². The summed E-state index contributed by atoms with van der Waals surface area (Å²) in [7, 11) is 0. The number of fused-ring (bicyclic) bond motifs is 1. The van der Waals surface area contributed by atoms with Gasteiger partial charge in [-0.2, -0.15) is 4.98 Å². The fourth-order valence-corrected chi connectivity index (χ4v) is 2.49. The quantitative estimate of drug-likeness (QED) is 0.539. The second-order valence-electron chi connectivity index (χ2n) is 5.42.